The van der Waals surface area contributed by atoms with Gasteiger partial charge >= 0.3 is 5.97 Å². The predicted octanol–water partition coefficient (Wildman–Crippen LogP) is 4.78. The zero-order valence-electron chi connectivity index (χ0n) is 19.6. The summed E-state index contributed by atoms with van der Waals surface area (Å²) >= 11 is 0. The number of benzene rings is 3. The third kappa shape index (κ3) is 5.05. The van der Waals surface area contributed by atoms with E-state index in [4.69, 9.17) is 4.74 Å². The van der Waals surface area contributed by atoms with Crippen molar-refractivity contribution in [3.8, 4) is 16.9 Å². The van der Waals surface area contributed by atoms with Crippen molar-refractivity contribution in [3.63, 3.8) is 0 Å². The molecule has 0 fully saturated rings. The number of pyridine rings is 1. The Bertz CT molecular complexity index is 1390. The standard InChI is InChI=1S/C29H25N3O4/c33-28(31-18-21-4-3-13-30-17-21)23-11-12-26-27(16-23)36-15-14-32(26)19-20-7-9-22(10-8-20)24-5-1-2-6-25(24)29(34)35/h1-13,16-17H,14-15,18-19H2,(H,31,33)(H,34,35). The van der Waals surface area contributed by atoms with Crippen LogP contribution in [0.1, 0.15) is 31.8 Å². The van der Waals surface area contributed by atoms with Gasteiger partial charge in [0.15, 0.2) is 0 Å². The van der Waals surface area contributed by atoms with Crippen LogP contribution in [-0.2, 0) is 13.1 Å². The number of carbonyl (C=O) groups excluding carboxylic acids is 1. The molecule has 0 saturated carbocycles. The number of carboxylic acids is 1. The van der Waals surface area contributed by atoms with Crippen LogP contribution in [0.3, 0.4) is 0 Å². The Balaban J connectivity index is 1.28. The number of hydrogen-bond donors (Lipinski definition) is 2. The number of amides is 1. The van der Waals surface area contributed by atoms with Crippen molar-refractivity contribution in [2.45, 2.75) is 13.1 Å². The fourth-order valence-corrected chi connectivity index (χ4v) is 4.30. The molecule has 1 aliphatic heterocycles. The topological polar surface area (TPSA) is 91.8 Å². The van der Waals surface area contributed by atoms with Gasteiger partial charge in [-0.2, -0.15) is 0 Å². The lowest BCUT2D eigenvalue weighted by Crippen LogP contribution is -2.32. The van der Waals surface area contributed by atoms with Crippen molar-refractivity contribution >= 4 is 17.6 Å². The van der Waals surface area contributed by atoms with Crippen LogP contribution in [0.2, 0.25) is 0 Å². The van der Waals surface area contributed by atoms with E-state index >= 15 is 0 Å². The Morgan fingerprint density at radius 2 is 1.81 bits per heavy atom. The summed E-state index contributed by atoms with van der Waals surface area (Å²) in [5.74, 6) is -0.424. The quantitative estimate of drug-likeness (QED) is 0.397. The molecule has 4 aromatic rings. The lowest BCUT2D eigenvalue weighted by molar-refractivity contribution is 0.0697. The highest BCUT2D eigenvalue weighted by molar-refractivity contribution is 5.96. The molecule has 36 heavy (non-hydrogen) atoms. The second-order valence-corrected chi connectivity index (χ2v) is 8.54. The fourth-order valence-electron chi connectivity index (χ4n) is 4.30. The second kappa shape index (κ2) is 10.3. The van der Waals surface area contributed by atoms with Crippen LogP contribution in [0, 0.1) is 0 Å². The van der Waals surface area contributed by atoms with Crippen LogP contribution in [-0.4, -0.2) is 35.1 Å². The number of carbonyl (C=O) groups is 2. The Labute approximate surface area is 209 Å². The van der Waals surface area contributed by atoms with Crippen molar-refractivity contribution in [2.24, 2.45) is 0 Å². The van der Waals surface area contributed by atoms with E-state index in [2.05, 4.69) is 15.2 Å². The van der Waals surface area contributed by atoms with Crippen molar-refractivity contribution in [1.82, 2.24) is 10.3 Å². The molecule has 0 unspecified atom stereocenters. The smallest absolute Gasteiger partial charge is 0.336 e. The van der Waals surface area contributed by atoms with Gasteiger partial charge in [-0.3, -0.25) is 9.78 Å². The number of nitrogens with one attached hydrogen (secondary N) is 1. The van der Waals surface area contributed by atoms with Gasteiger partial charge in [0.25, 0.3) is 5.91 Å². The number of anilines is 1. The molecule has 0 radical (unpaired) electrons. The van der Waals surface area contributed by atoms with E-state index in [0.29, 0.717) is 36.6 Å². The van der Waals surface area contributed by atoms with Gasteiger partial charge < -0.3 is 20.1 Å². The summed E-state index contributed by atoms with van der Waals surface area (Å²) in [6.07, 6.45) is 3.43. The first kappa shape index (κ1) is 23.1. The number of ether oxygens (including phenoxy) is 1. The summed E-state index contributed by atoms with van der Waals surface area (Å²) in [7, 11) is 0. The van der Waals surface area contributed by atoms with Crippen LogP contribution in [0.15, 0.2) is 91.3 Å². The minimum Gasteiger partial charge on any atom is -0.490 e. The number of nitrogens with zero attached hydrogens (tertiary/aromatic N) is 2. The molecule has 1 amide bonds. The molecule has 1 aliphatic rings. The van der Waals surface area contributed by atoms with E-state index < -0.39 is 5.97 Å². The molecular weight excluding hydrogens is 454 g/mol. The van der Waals surface area contributed by atoms with Crippen molar-refractivity contribution in [1.29, 1.82) is 0 Å². The second-order valence-electron chi connectivity index (χ2n) is 8.54. The molecule has 7 nitrogen and oxygen atoms in total. The van der Waals surface area contributed by atoms with Gasteiger partial charge in [-0.1, -0.05) is 48.5 Å². The molecule has 5 rings (SSSR count). The first-order valence-corrected chi connectivity index (χ1v) is 11.7. The first-order valence-electron chi connectivity index (χ1n) is 11.7. The van der Waals surface area contributed by atoms with E-state index in [-0.39, 0.29) is 11.5 Å². The zero-order chi connectivity index (χ0) is 24.9. The highest BCUT2D eigenvalue weighted by Crippen LogP contribution is 2.34. The van der Waals surface area contributed by atoms with E-state index in [0.717, 1.165) is 28.9 Å². The molecule has 2 heterocycles. The summed E-state index contributed by atoms with van der Waals surface area (Å²) in [6.45, 7) is 2.33. The van der Waals surface area contributed by atoms with E-state index in [1.807, 2.05) is 60.7 Å². The van der Waals surface area contributed by atoms with Gasteiger partial charge in [0.05, 0.1) is 17.8 Å². The molecular formula is C29H25N3O4. The van der Waals surface area contributed by atoms with Gasteiger partial charge in [0.2, 0.25) is 0 Å². The van der Waals surface area contributed by atoms with Gasteiger partial charge in [0.1, 0.15) is 12.4 Å². The van der Waals surface area contributed by atoms with Crippen molar-refractivity contribution in [2.75, 3.05) is 18.1 Å². The maximum absolute atomic E-state index is 12.7. The average Bonchev–Trinajstić information content (AvgIpc) is 2.92. The minimum atomic E-state index is -0.940. The third-order valence-electron chi connectivity index (χ3n) is 6.15. The number of rotatable bonds is 7. The van der Waals surface area contributed by atoms with E-state index in [9.17, 15) is 14.7 Å². The third-order valence-corrected chi connectivity index (χ3v) is 6.15. The van der Waals surface area contributed by atoms with E-state index in [1.165, 1.54) is 0 Å². The monoisotopic (exact) mass is 479 g/mol. The highest BCUT2D eigenvalue weighted by Gasteiger charge is 2.20. The Morgan fingerprint density at radius 1 is 0.972 bits per heavy atom. The molecule has 0 atom stereocenters. The molecule has 3 aromatic carbocycles. The Kier molecular flexibility index (Phi) is 6.62. The molecule has 180 valence electrons. The lowest BCUT2D eigenvalue weighted by atomic mass is 9.98. The number of fused-ring (bicyclic) bond motifs is 1. The summed E-state index contributed by atoms with van der Waals surface area (Å²) in [5.41, 5.74) is 5.35. The molecule has 0 bridgehead atoms. The largest absolute Gasteiger partial charge is 0.490 e. The molecule has 0 saturated heterocycles. The van der Waals surface area contributed by atoms with Gasteiger partial charge in [-0.15, -0.1) is 0 Å². The maximum Gasteiger partial charge on any atom is 0.336 e. The van der Waals surface area contributed by atoms with Gasteiger partial charge in [0, 0.05) is 31.0 Å². The molecule has 0 spiro atoms. The molecule has 0 aliphatic carbocycles. The minimum absolute atomic E-state index is 0.167. The van der Waals surface area contributed by atoms with Crippen LogP contribution < -0.4 is 15.0 Å². The van der Waals surface area contributed by atoms with Crippen LogP contribution in [0.5, 0.6) is 5.75 Å². The Hall–Kier alpha value is -4.65. The number of carboxylic acid groups (broad SMARTS) is 1. The van der Waals surface area contributed by atoms with Crippen molar-refractivity contribution < 1.29 is 19.4 Å². The Morgan fingerprint density at radius 3 is 2.58 bits per heavy atom. The van der Waals surface area contributed by atoms with Crippen molar-refractivity contribution in [3.05, 3.63) is 114 Å². The predicted molar refractivity (Wildman–Crippen MR) is 137 cm³/mol. The molecule has 2 N–H and O–H groups in total. The summed E-state index contributed by atoms with van der Waals surface area (Å²) in [5, 5.41) is 12.4. The van der Waals surface area contributed by atoms with Gasteiger partial charge in [-0.05, 0) is 52.6 Å². The normalized spacial score (nSPS) is 12.4. The van der Waals surface area contributed by atoms with E-state index in [1.54, 1.807) is 30.6 Å². The zero-order valence-corrected chi connectivity index (χ0v) is 19.6. The van der Waals surface area contributed by atoms with Crippen LogP contribution in [0.4, 0.5) is 5.69 Å². The first-order chi connectivity index (χ1) is 17.6. The van der Waals surface area contributed by atoms with Crippen LogP contribution in [0.25, 0.3) is 11.1 Å². The lowest BCUT2D eigenvalue weighted by Gasteiger charge is -2.31. The SMILES string of the molecule is O=C(NCc1cccnc1)c1ccc2c(c1)OCCN2Cc1ccc(-c2ccccc2C(=O)O)cc1. The molecule has 7 heteroatoms. The number of hydrogen-bond acceptors (Lipinski definition) is 5. The van der Waals surface area contributed by atoms with Crippen LogP contribution >= 0.6 is 0 Å². The molecule has 1 aromatic heterocycles. The summed E-state index contributed by atoms with van der Waals surface area (Å²) < 4.78 is 5.87. The number of aromatic carboxylic acids is 1. The van der Waals surface area contributed by atoms with Gasteiger partial charge in [-0.25, -0.2) is 4.79 Å². The number of aromatic nitrogens is 1. The summed E-state index contributed by atoms with van der Waals surface area (Å²) in [4.78, 5) is 30.5. The average molecular weight is 480 g/mol. The highest BCUT2D eigenvalue weighted by atomic mass is 16.5. The fraction of sp³-hybridized carbons (Fsp3) is 0.138. The maximum atomic E-state index is 12.7. The summed E-state index contributed by atoms with van der Waals surface area (Å²) in [6, 6.07) is 24.2.